The van der Waals surface area contributed by atoms with Crippen LogP contribution >= 0.6 is 0 Å². The quantitative estimate of drug-likeness (QED) is 0.652. The van der Waals surface area contributed by atoms with Gasteiger partial charge in [-0.2, -0.15) is 0 Å². The summed E-state index contributed by atoms with van der Waals surface area (Å²) < 4.78 is 30.3. The normalized spacial score (nSPS) is 12.1. The number of sulfone groups is 1. The number of benzene rings is 2. The monoisotopic (exact) mass is 418 g/mol. The third-order valence-electron chi connectivity index (χ3n) is 4.43. The van der Waals surface area contributed by atoms with E-state index >= 15 is 0 Å². The zero-order valence-corrected chi connectivity index (χ0v) is 17.6. The van der Waals surface area contributed by atoms with Crippen molar-refractivity contribution in [3.05, 3.63) is 54.1 Å². The molecule has 156 valence electrons. The van der Waals surface area contributed by atoms with Crippen LogP contribution in [0.2, 0.25) is 0 Å². The van der Waals surface area contributed by atoms with Crippen LogP contribution in [0.1, 0.15) is 25.8 Å². The summed E-state index contributed by atoms with van der Waals surface area (Å²) in [5, 5.41) is 3.84. The van der Waals surface area contributed by atoms with E-state index in [1.165, 1.54) is 7.11 Å². The van der Waals surface area contributed by atoms with Crippen molar-refractivity contribution in [2.45, 2.75) is 31.9 Å². The number of hydrogen-bond donors (Lipinski definition) is 2. The lowest BCUT2D eigenvalue weighted by atomic mass is 10.1. The lowest BCUT2D eigenvalue weighted by molar-refractivity contribution is -0.115. The van der Waals surface area contributed by atoms with E-state index in [4.69, 9.17) is 4.74 Å². The van der Waals surface area contributed by atoms with E-state index in [9.17, 15) is 18.0 Å². The molecule has 0 saturated carbocycles. The molecule has 7 nitrogen and oxygen atoms in total. The summed E-state index contributed by atoms with van der Waals surface area (Å²) in [5.74, 6) is -1.51. The number of carbonyl (C=O) groups is 2. The first-order valence-corrected chi connectivity index (χ1v) is 11.1. The van der Waals surface area contributed by atoms with Gasteiger partial charge < -0.3 is 15.4 Å². The van der Waals surface area contributed by atoms with E-state index in [0.29, 0.717) is 17.1 Å². The molecule has 0 aliphatic rings. The van der Waals surface area contributed by atoms with Crippen LogP contribution in [0.5, 0.6) is 5.75 Å². The van der Waals surface area contributed by atoms with Crippen molar-refractivity contribution in [2.24, 2.45) is 0 Å². The number of carbonyl (C=O) groups excluding carboxylic acids is 2. The molecule has 2 N–H and O–H groups in total. The number of rotatable bonds is 9. The van der Waals surface area contributed by atoms with Gasteiger partial charge in [0.25, 0.3) is 0 Å². The molecular formula is C21H26N2O5S. The maximum absolute atomic E-state index is 12.7. The van der Waals surface area contributed by atoms with Gasteiger partial charge in [-0.05, 0) is 54.8 Å². The fourth-order valence-corrected chi connectivity index (χ4v) is 4.34. The van der Waals surface area contributed by atoms with Crippen LogP contribution in [0.4, 0.5) is 11.4 Å². The second kappa shape index (κ2) is 10.1. The molecule has 1 atom stereocenters. The van der Waals surface area contributed by atoms with Crippen LogP contribution in [0, 0.1) is 0 Å². The highest BCUT2D eigenvalue weighted by Gasteiger charge is 2.33. The van der Waals surface area contributed by atoms with Gasteiger partial charge in [0, 0.05) is 11.4 Å². The Labute approximate surface area is 171 Å². The van der Waals surface area contributed by atoms with Crippen molar-refractivity contribution in [2.75, 3.05) is 23.5 Å². The highest BCUT2D eigenvalue weighted by molar-refractivity contribution is 7.93. The Morgan fingerprint density at radius 1 is 0.931 bits per heavy atom. The first kappa shape index (κ1) is 22.4. The third kappa shape index (κ3) is 6.32. The van der Waals surface area contributed by atoms with Crippen LogP contribution in [-0.2, 0) is 25.8 Å². The fraction of sp³-hybridized carbons (Fsp3) is 0.333. The summed E-state index contributed by atoms with van der Waals surface area (Å²) in [6.45, 7) is 3.62. The summed E-state index contributed by atoms with van der Waals surface area (Å²) in [7, 11) is -2.46. The Morgan fingerprint density at radius 2 is 1.48 bits per heavy atom. The van der Waals surface area contributed by atoms with Gasteiger partial charge in [-0.1, -0.05) is 26.0 Å². The average Bonchev–Trinajstić information content (AvgIpc) is 2.68. The maximum atomic E-state index is 12.7. The Kier molecular flexibility index (Phi) is 7.78. The molecule has 0 aliphatic carbocycles. The van der Waals surface area contributed by atoms with E-state index in [2.05, 4.69) is 10.6 Å². The number of amides is 2. The van der Waals surface area contributed by atoms with Crippen LogP contribution in [0.3, 0.4) is 0 Å². The standard InChI is InChI=1S/C21H26N2O5S/c1-4-15-6-8-17(9-7-15)23-21(25)19(5-2)29(26,27)14-20(24)22-16-10-12-18(28-3)13-11-16/h6-13,19H,4-5,14H2,1-3H3,(H,22,24)(H,23,25). The summed E-state index contributed by atoms with van der Waals surface area (Å²) in [6.07, 6.45) is 0.931. The van der Waals surface area contributed by atoms with E-state index in [1.807, 2.05) is 19.1 Å². The molecule has 8 heteroatoms. The fourth-order valence-electron chi connectivity index (χ4n) is 2.80. The van der Waals surface area contributed by atoms with Gasteiger partial charge in [-0.25, -0.2) is 8.42 Å². The minimum Gasteiger partial charge on any atom is -0.497 e. The Balaban J connectivity index is 2.02. The predicted octanol–water partition coefficient (Wildman–Crippen LogP) is 3.03. The van der Waals surface area contributed by atoms with E-state index in [-0.39, 0.29) is 6.42 Å². The molecule has 0 aliphatic heterocycles. The number of methoxy groups -OCH3 is 1. The minimum atomic E-state index is -3.99. The van der Waals surface area contributed by atoms with Crippen molar-refractivity contribution in [1.29, 1.82) is 0 Å². The van der Waals surface area contributed by atoms with E-state index in [1.54, 1.807) is 43.3 Å². The molecule has 29 heavy (non-hydrogen) atoms. The van der Waals surface area contributed by atoms with Gasteiger partial charge in [0.2, 0.25) is 11.8 Å². The Bertz CT molecular complexity index is 938. The molecule has 0 saturated heterocycles. The molecule has 2 aromatic rings. The summed E-state index contributed by atoms with van der Waals surface area (Å²) in [4.78, 5) is 24.7. The van der Waals surface area contributed by atoms with Crippen molar-refractivity contribution in [3.8, 4) is 5.75 Å². The molecule has 0 heterocycles. The SMILES string of the molecule is CCc1ccc(NC(=O)C(CC)S(=O)(=O)CC(=O)Nc2ccc(OC)cc2)cc1. The topological polar surface area (TPSA) is 102 Å². The molecule has 2 aromatic carbocycles. The van der Waals surface area contributed by atoms with Crippen LogP contribution < -0.4 is 15.4 Å². The van der Waals surface area contributed by atoms with Gasteiger partial charge in [0.15, 0.2) is 9.84 Å². The third-order valence-corrected chi connectivity index (χ3v) is 6.51. The van der Waals surface area contributed by atoms with Gasteiger partial charge in [-0.3, -0.25) is 9.59 Å². The van der Waals surface area contributed by atoms with Crippen LogP contribution in [0.25, 0.3) is 0 Å². The molecule has 0 bridgehead atoms. The number of ether oxygens (including phenoxy) is 1. The lowest BCUT2D eigenvalue weighted by Gasteiger charge is -2.16. The predicted molar refractivity (Wildman–Crippen MR) is 114 cm³/mol. The zero-order chi connectivity index (χ0) is 21.4. The highest BCUT2D eigenvalue weighted by atomic mass is 32.2. The summed E-state index contributed by atoms with van der Waals surface area (Å²) in [5.41, 5.74) is 2.07. The number of nitrogens with one attached hydrogen (secondary N) is 2. The van der Waals surface area contributed by atoms with Gasteiger partial charge in [0.05, 0.1) is 7.11 Å². The average molecular weight is 419 g/mol. The number of hydrogen-bond acceptors (Lipinski definition) is 5. The second-order valence-electron chi connectivity index (χ2n) is 6.52. The van der Waals surface area contributed by atoms with Crippen molar-refractivity contribution in [1.82, 2.24) is 0 Å². The molecule has 0 aromatic heterocycles. The first-order valence-electron chi connectivity index (χ1n) is 9.34. The molecular weight excluding hydrogens is 392 g/mol. The molecule has 2 rings (SSSR count). The van der Waals surface area contributed by atoms with Gasteiger partial charge in [-0.15, -0.1) is 0 Å². The van der Waals surface area contributed by atoms with Crippen molar-refractivity contribution in [3.63, 3.8) is 0 Å². The first-order chi connectivity index (χ1) is 13.8. The van der Waals surface area contributed by atoms with E-state index < -0.39 is 32.7 Å². The Hall–Kier alpha value is -2.87. The van der Waals surface area contributed by atoms with Crippen LogP contribution in [0.15, 0.2) is 48.5 Å². The maximum Gasteiger partial charge on any atom is 0.242 e. The second-order valence-corrected chi connectivity index (χ2v) is 8.70. The summed E-state index contributed by atoms with van der Waals surface area (Å²) >= 11 is 0. The molecule has 1 unspecified atom stereocenters. The highest BCUT2D eigenvalue weighted by Crippen LogP contribution is 2.17. The minimum absolute atomic E-state index is 0.0665. The summed E-state index contributed by atoms with van der Waals surface area (Å²) in [6, 6.07) is 13.7. The van der Waals surface area contributed by atoms with Crippen molar-refractivity contribution >= 4 is 33.0 Å². The zero-order valence-electron chi connectivity index (χ0n) is 16.8. The van der Waals surface area contributed by atoms with Gasteiger partial charge in [0.1, 0.15) is 16.8 Å². The molecule has 0 fully saturated rings. The lowest BCUT2D eigenvalue weighted by Crippen LogP contribution is -2.39. The number of anilines is 2. The molecule has 0 spiro atoms. The van der Waals surface area contributed by atoms with Crippen LogP contribution in [-0.4, -0.2) is 38.3 Å². The Morgan fingerprint density at radius 3 is 2.00 bits per heavy atom. The van der Waals surface area contributed by atoms with Crippen molar-refractivity contribution < 1.29 is 22.7 Å². The molecule has 2 amide bonds. The smallest absolute Gasteiger partial charge is 0.242 e. The van der Waals surface area contributed by atoms with Gasteiger partial charge >= 0.3 is 0 Å². The molecule has 0 radical (unpaired) electrons. The largest absolute Gasteiger partial charge is 0.497 e. The number of aryl methyl sites for hydroxylation is 1. The van der Waals surface area contributed by atoms with E-state index in [0.717, 1.165) is 12.0 Å².